The lowest BCUT2D eigenvalue weighted by molar-refractivity contribution is -0.149. The van der Waals surface area contributed by atoms with E-state index in [1.165, 1.54) is 37.9 Å². The molecular weight excluding hydrogens is 655 g/mol. The largest absolute Gasteiger partial charge is 0.481 e. The van der Waals surface area contributed by atoms with Gasteiger partial charge in [-0.15, -0.1) is 0 Å². The zero-order valence-electron chi connectivity index (χ0n) is 30.1. The van der Waals surface area contributed by atoms with Crippen LogP contribution in [-0.2, 0) is 48.4 Å². The highest BCUT2D eigenvalue weighted by atomic mass is 16.4. The number of hydrogen-bond acceptors (Lipinski definition) is 4. The van der Waals surface area contributed by atoms with E-state index in [9.17, 15) is 14.7 Å². The molecule has 2 unspecified atom stereocenters. The first-order valence-electron chi connectivity index (χ1n) is 18.7. The topological polar surface area (TPSA) is 95.7 Å². The third-order valence-corrected chi connectivity index (χ3v) is 11.6. The van der Waals surface area contributed by atoms with E-state index in [1.807, 2.05) is 60.7 Å². The van der Waals surface area contributed by atoms with Crippen molar-refractivity contribution in [2.45, 2.75) is 64.6 Å². The van der Waals surface area contributed by atoms with Gasteiger partial charge in [0.1, 0.15) is 11.5 Å². The third kappa shape index (κ3) is 6.49. The molecule has 0 saturated heterocycles. The number of benzene rings is 5. The Balaban J connectivity index is 1.19. The van der Waals surface area contributed by atoms with Crippen LogP contribution >= 0.6 is 0 Å². The average Bonchev–Trinajstić information content (AvgIpc) is 3.34. The molecule has 0 radical (unpaired) electrons. The summed E-state index contributed by atoms with van der Waals surface area (Å²) in [5.74, 6) is -1.27. The lowest BCUT2D eigenvalue weighted by Crippen LogP contribution is -2.54. The van der Waals surface area contributed by atoms with Gasteiger partial charge < -0.3 is 21.1 Å². The van der Waals surface area contributed by atoms with Crippen LogP contribution in [0, 0.1) is 15.9 Å². The van der Waals surface area contributed by atoms with Gasteiger partial charge in [-0.1, -0.05) is 109 Å². The van der Waals surface area contributed by atoms with E-state index in [4.69, 9.17) is 5.73 Å². The number of amides is 1. The van der Waals surface area contributed by atoms with Crippen molar-refractivity contribution in [1.82, 2.24) is 4.90 Å². The minimum atomic E-state index is -1.51. The number of carbonyl (C=O) groups is 2. The van der Waals surface area contributed by atoms with Gasteiger partial charge in [-0.25, -0.2) is 0 Å². The molecule has 0 fully saturated rings. The minimum absolute atomic E-state index is 0.262. The van der Waals surface area contributed by atoms with Crippen LogP contribution < -0.4 is 21.5 Å². The molecule has 0 spiro atoms. The molecule has 2 aliphatic carbocycles. The van der Waals surface area contributed by atoms with Crippen molar-refractivity contribution in [2.75, 3.05) is 5.32 Å². The zero-order chi connectivity index (χ0) is 36.5. The Morgan fingerprint density at radius 3 is 2.34 bits per heavy atom. The van der Waals surface area contributed by atoms with E-state index in [2.05, 4.69) is 66.0 Å². The number of carbonyl (C=O) groups excluding carboxylic acids is 1. The maximum atomic E-state index is 14.6. The second-order valence-electron chi connectivity index (χ2n) is 14.7. The van der Waals surface area contributed by atoms with Gasteiger partial charge in [-0.2, -0.15) is 0 Å². The van der Waals surface area contributed by atoms with Crippen LogP contribution in [0.5, 0.6) is 0 Å². The molecule has 266 valence electrons. The smallest absolute Gasteiger partial charge is 0.316 e. The van der Waals surface area contributed by atoms with Gasteiger partial charge in [0.25, 0.3) is 5.91 Å². The number of anilines is 1. The second kappa shape index (κ2) is 14.4. The Bertz CT molecular complexity index is 2470. The summed E-state index contributed by atoms with van der Waals surface area (Å²) in [5, 5.41) is 19.3. The molecule has 0 aromatic heterocycles. The third-order valence-electron chi connectivity index (χ3n) is 11.6. The fourth-order valence-electron chi connectivity index (χ4n) is 8.52. The van der Waals surface area contributed by atoms with Crippen LogP contribution in [-0.4, -0.2) is 27.9 Å². The Labute approximate surface area is 310 Å². The van der Waals surface area contributed by atoms with E-state index < -0.39 is 17.4 Å². The molecule has 5 aromatic carbocycles. The van der Waals surface area contributed by atoms with Gasteiger partial charge >= 0.3 is 5.97 Å². The molecule has 2 atom stereocenters. The maximum Gasteiger partial charge on any atom is 0.316 e. The van der Waals surface area contributed by atoms with Crippen molar-refractivity contribution in [3.8, 4) is 0 Å². The summed E-state index contributed by atoms with van der Waals surface area (Å²) >= 11 is 0. The van der Waals surface area contributed by atoms with Crippen molar-refractivity contribution in [3.05, 3.63) is 175 Å². The predicted octanol–water partition coefficient (Wildman–Crippen LogP) is 6.63. The summed E-state index contributed by atoms with van der Waals surface area (Å²) in [4.78, 5) is 30.0. The molecule has 8 rings (SSSR count). The zero-order valence-corrected chi connectivity index (χ0v) is 30.1. The fourth-order valence-corrected chi connectivity index (χ4v) is 8.52. The molecular formula is C47H45N3O3. The van der Waals surface area contributed by atoms with Crippen LogP contribution in [0.15, 0.2) is 115 Å². The Hall–Kier alpha value is -5.72. The Kier molecular flexibility index (Phi) is 9.31. The molecule has 6 heteroatoms. The fraction of sp³-hybridized carbons (Fsp3) is 0.234. The normalized spacial score (nSPS) is 17.4. The summed E-state index contributed by atoms with van der Waals surface area (Å²) in [6, 6.07) is 36.3. The molecule has 1 aliphatic heterocycles. The number of aryl methyl sites for hydroxylation is 2. The first kappa shape index (κ1) is 34.4. The summed E-state index contributed by atoms with van der Waals surface area (Å²) in [7, 11) is 0. The standard InChI is InChI=1S/C47H45N3O3/c1-47(46(52)53,44-45(51)50(27-26-31-8-3-2-4-9-31)30-36-10-5-6-13-43(36)49-44)42-12-7-11-38-40-23-21-35-28-33(17-14-32-15-18-34(29-48)19-16-32)20-22-37(35)39(40)24-25-41(38)42/h2-6,8-10,13,15-16,18-22,24-28,44,49H,7,11-12,14,17,23,29-30,48H2,1H3,(H,52,53). The molecule has 53 heavy (non-hydrogen) atoms. The maximum absolute atomic E-state index is 14.6. The molecule has 1 amide bonds. The van der Waals surface area contributed by atoms with Crippen molar-refractivity contribution in [1.29, 1.82) is 0 Å². The highest BCUT2D eigenvalue weighted by Crippen LogP contribution is 2.41. The van der Waals surface area contributed by atoms with Gasteiger partial charge in [-0.3, -0.25) is 9.59 Å². The SMILES string of the molecule is CC(C(=O)O)(C1=c2ccc3c(c2CCC1)CC=c1cc(CCc2ccc(CN)cc2)ccc1=3)C1Nc2ccccc2CN(C=Cc2ccccc2)C1=O. The lowest BCUT2D eigenvalue weighted by Gasteiger charge is -2.38. The quantitative estimate of drug-likeness (QED) is 0.161. The van der Waals surface area contributed by atoms with Gasteiger partial charge in [0, 0.05) is 18.4 Å². The molecule has 1 heterocycles. The van der Waals surface area contributed by atoms with Crippen LogP contribution in [0.4, 0.5) is 5.69 Å². The summed E-state index contributed by atoms with van der Waals surface area (Å²) < 4.78 is 0. The van der Waals surface area contributed by atoms with Gasteiger partial charge in [0.05, 0.1) is 6.54 Å². The summed E-state index contributed by atoms with van der Waals surface area (Å²) in [5.41, 5.74) is 14.0. The Morgan fingerprint density at radius 2 is 1.55 bits per heavy atom. The number of hydrogen-bond donors (Lipinski definition) is 3. The van der Waals surface area contributed by atoms with Crippen molar-refractivity contribution < 1.29 is 14.7 Å². The number of fused-ring (bicyclic) bond motifs is 5. The van der Waals surface area contributed by atoms with Crippen LogP contribution in [0.1, 0.15) is 58.7 Å². The van der Waals surface area contributed by atoms with Gasteiger partial charge in [0.15, 0.2) is 0 Å². The second-order valence-corrected chi connectivity index (χ2v) is 14.7. The first-order valence-corrected chi connectivity index (χ1v) is 18.7. The number of rotatable bonds is 9. The van der Waals surface area contributed by atoms with E-state index in [0.29, 0.717) is 19.5 Å². The minimum Gasteiger partial charge on any atom is -0.481 e. The molecule has 0 saturated carbocycles. The van der Waals surface area contributed by atoms with Crippen molar-refractivity contribution in [2.24, 2.45) is 11.1 Å². The van der Waals surface area contributed by atoms with E-state index in [1.54, 1.807) is 18.0 Å². The number of nitrogens with zero attached hydrogens (tertiary/aromatic N) is 1. The summed E-state index contributed by atoms with van der Waals surface area (Å²) in [6.45, 7) is 2.65. The molecule has 6 nitrogen and oxygen atoms in total. The average molecular weight is 700 g/mol. The number of aliphatic carboxylic acids is 1. The van der Waals surface area contributed by atoms with Crippen molar-refractivity contribution in [3.63, 3.8) is 0 Å². The van der Waals surface area contributed by atoms with Gasteiger partial charge in [-0.05, 0) is 123 Å². The summed E-state index contributed by atoms with van der Waals surface area (Å²) in [6.07, 6.45) is 11.1. The van der Waals surface area contributed by atoms with Crippen LogP contribution in [0.3, 0.4) is 0 Å². The van der Waals surface area contributed by atoms with E-state index in [0.717, 1.165) is 65.3 Å². The number of nitrogens with two attached hydrogens (primary N) is 1. The number of nitrogens with one attached hydrogen (secondary N) is 1. The van der Waals surface area contributed by atoms with E-state index >= 15 is 0 Å². The molecule has 0 bridgehead atoms. The van der Waals surface area contributed by atoms with E-state index in [-0.39, 0.29) is 5.91 Å². The first-order chi connectivity index (χ1) is 25.8. The highest BCUT2D eigenvalue weighted by molar-refractivity contribution is 5.99. The van der Waals surface area contributed by atoms with Crippen LogP contribution in [0.2, 0.25) is 0 Å². The monoisotopic (exact) mass is 699 g/mol. The molecule has 4 N–H and O–H groups in total. The number of carboxylic acid groups (broad SMARTS) is 1. The predicted molar refractivity (Wildman–Crippen MR) is 212 cm³/mol. The Morgan fingerprint density at radius 1 is 0.849 bits per heavy atom. The lowest BCUT2D eigenvalue weighted by atomic mass is 9.69. The molecule has 5 aromatic rings. The van der Waals surface area contributed by atoms with Crippen LogP contribution in [0.25, 0.3) is 17.7 Å². The number of carboxylic acids is 1. The molecule has 3 aliphatic rings. The van der Waals surface area contributed by atoms with Crippen molar-refractivity contribution >= 4 is 35.3 Å². The highest BCUT2D eigenvalue weighted by Gasteiger charge is 2.51. The van der Waals surface area contributed by atoms with Gasteiger partial charge in [0.2, 0.25) is 0 Å². The number of para-hydroxylation sites is 1.